The molecule has 1 atom stereocenters. The van der Waals surface area contributed by atoms with E-state index in [-0.39, 0.29) is 11.9 Å². The molecule has 0 saturated heterocycles. The van der Waals surface area contributed by atoms with Gasteiger partial charge in [0.05, 0.1) is 22.4 Å². The number of carboxylic acid groups (broad SMARTS) is 1. The van der Waals surface area contributed by atoms with Crippen LogP contribution >= 0.6 is 0 Å². The highest BCUT2D eigenvalue weighted by molar-refractivity contribution is 6.07. The number of para-hydroxylation sites is 1. The zero-order valence-corrected chi connectivity index (χ0v) is 19.8. The average molecular weight is 458 g/mol. The Kier molecular flexibility index (Phi) is 4.69. The number of nitrogens with two attached hydrogens (primary N) is 1. The summed E-state index contributed by atoms with van der Waals surface area (Å²) in [4.78, 5) is 27.4. The van der Waals surface area contributed by atoms with E-state index in [9.17, 15) is 14.7 Å². The van der Waals surface area contributed by atoms with Gasteiger partial charge in [0.15, 0.2) is 0 Å². The van der Waals surface area contributed by atoms with Crippen molar-refractivity contribution in [3.8, 4) is 11.3 Å². The van der Waals surface area contributed by atoms with Crippen LogP contribution < -0.4 is 10.6 Å². The zero-order chi connectivity index (χ0) is 23.8. The third kappa shape index (κ3) is 2.84. The van der Waals surface area contributed by atoms with Crippen molar-refractivity contribution in [2.75, 3.05) is 11.4 Å². The van der Waals surface area contributed by atoms with Crippen LogP contribution in [0.5, 0.6) is 0 Å². The first-order chi connectivity index (χ1) is 16.3. The topological polar surface area (TPSA) is 88.6 Å². The van der Waals surface area contributed by atoms with Crippen LogP contribution in [0, 0.1) is 5.41 Å². The lowest BCUT2D eigenvalue weighted by molar-refractivity contribution is -0.128. The molecule has 176 valence electrons. The molecule has 1 unspecified atom stereocenters. The van der Waals surface area contributed by atoms with Crippen molar-refractivity contribution in [2.45, 2.75) is 64.5 Å². The normalized spacial score (nSPS) is 21.8. The van der Waals surface area contributed by atoms with E-state index in [1.807, 2.05) is 30.9 Å². The van der Waals surface area contributed by atoms with Gasteiger partial charge in [-0.05, 0) is 55.9 Å². The van der Waals surface area contributed by atoms with Crippen molar-refractivity contribution in [1.82, 2.24) is 4.57 Å². The second-order valence-electron chi connectivity index (χ2n) is 10.7. The maximum atomic E-state index is 13.6. The summed E-state index contributed by atoms with van der Waals surface area (Å²) in [5, 5.41) is 10.8. The number of fused-ring (bicyclic) bond motifs is 4. The predicted octanol–water partition coefficient (Wildman–Crippen LogP) is 5.44. The van der Waals surface area contributed by atoms with Crippen molar-refractivity contribution >= 4 is 28.5 Å². The lowest BCUT2D eigenvalue weighted by atomic mass is 9.74. The Morgan fingerprint density at radius 3 is 2.59 bits per heavy atom. The number of aromatic carboxylic acids is 1. The van der Waals surface area contributed by atoms with Crippen LogP contribution in [0.4, 0.5) is 5.69 Å². The molecule has 0 bridgehead atoms. The molecule has 6 nitrogen and oxygen atoms in total. The van der Waals surface area contributed by atoms with E-state index in [2.05, 4.69) is 22.8 Å². The third-order valence-electron chi connectivity index (χ3n) is 8.41. The minimum Gasteiger partial charge on any atom is -0.478 e. The number of carbonyl (C=O) groups excluding carboxylic acids is 1. The Labute approximate surface area is 199 Å². The van der Waals surface area contributed by atoms with E-state index in [0.717, 1.165) is 46.3 Å². The summed E-state index contributed by atoms with van der Waals surface area (Å²) in [5.74, 6) is -0.439. The maximum absolute atomic E-state index is 13.6. The fraction of sp³-hybridized carbons (Fsp3) is 0.429. The van der Waals surface area contributed by atoms with Crippen LogP contribution in [-0.4, -0.2) is 28.1 Å². The van der Waals surface area contributed by atoms with E-state index in [4.69, 9.17) is 5.73 Å². The number of hydrogen-bond acceptors (Lipinski definition) is 3. The average Bonchev–Trinajstić information content (AvgIpc) is 3.06. The van der Waals surface area contributed by atoms with Gasteiger partial charge in [0.25, 0.3) is 0 Å². The van der Waals surface area contributed by atoms with E-state index in [1.165, 1.54) is 24.8 Å². The van der Waals surface area contributed by atoms with Crippen LogP contribution in [-0.2, 0) is 11.3 Å². The SMILES string of the molecule is CC1(C)C(=O)N2CCn3c(c(C4CCCCC4)c4ccc(C(=O)O)cc43)-c3cccc(c32)C1N. The Bertz CT molecular complexity index is 1350. The van der Waals surface area contributed by atoms with Crippen LogP contribution in [0.3, 0.4) is 0 Å². The predicted molar refractivity (Wildman–Crippen MR) is 133 cm³/mol. The molecular weight excluding hydrogens is 426 g/mol. The molecule has 1 aliphatic carbocycles. The molecule has 3 heterocycles. The van der Waals surface area contributed by atoms with Gasteiger partial charge >= 0.3 is 5.97 Å². The first-order valence-electron chi connectivity index (χ1n) is 12.4. The molecule has 34 heavy (non-hydrogen) atoms. The first kappa shape index (κ1) is 21.4. The molecule has 0 radical (unpaired) electrons. The van der Waals surface area contributed by atoms with Crippen molar-refractivity contribution in [2.24, 2.45) is 11.1 Å². The van der Waals surface area contributed by atoms with Crippen molar-refractivity contribution in [3.63, 3.8) is 0 Å². The summed E-state index contributed by atoms with van der Waals surface area (Å²) in [7, 11) is 0. The third-order valence-corrected chi connectivity index (χ3v) is 8.41. The molecule has 3 aliphatic rings. The Balaban J connectivity index is 1.69. The molecule has 1 fully saturated rings. The number of amides is 1. The van der Waals surface area contributed by atoms with E-state index in [0.29, 0.717) is 24.6 Å². The number of hydrogen-bond donors (Lipinski definition) is 2. The van der Waals surface area contributed by atoms with Gasteiger partial charge in [-0.2, -0.15) is 0 Å². The molecule has 2 aromatic carbocycles. The van der Waals surface area contributed by atoms with Gasteiger partial charge in [0.2, 0.25) is 5.91 Å². The highest BCUT2D eigenvalue weighted by Crippen LogP contribution is 2.52. The lowest BCUT2D eigenvalue weighted by Crippen LogP contribution is -2.51. The number of benzene rings is 2. The standard InChI is InChI=1S/C28H31N3O3/c1-28(2)25(29)20-10-6-9-19-23(20)31(27(28)34)14-13-30-21-15-17(26(32)33)11-12-18(21)22(24(19)30)16-7-4-3-5-8-16/h6,9-12,15-16,25H,3-5,7-8,13-14,29H2,1-2H3,(H,32,33). The summed E-state index contributed by atoms with van der Waals surface area (Å²) >= 11 is 0. The summed E-state index contributed by atoms with van der Waals surface area (Å²) in [6.07, 6.45) is 5.95. The van der Waals surface area contributed by atoms with Crippen LogP contribution in [0.15, 0.2) is 36.4 Å². The molecule has 1 saturated carbocycles. The fourth-order valence-corrected chi connectivity index (χ4v) is 6.53. The van der Waals surface area contributed by atoms with Gasteiger partial charge < -0.3 is 20.3 Å². The molecule has 1 aromatic heterocycles. The lowest BCUT2D eigenvalue weighted by Gasteiger charge is -2.43. The zero-order valence-electron chi connectivity index (χ0n) is 19.8. The summed E-state index contributed by atoms with van der Waals surface area (Å²) in [6, 6.07) is 11.4. The molecule has 2 aliphatic heterocycles. The molecule has 6 heteroatoms. The number of aromatic nitrogens is 1. The highest BCUT2D eigenvalue weighted by atomic mass is 16.4. The largest absolute Gasteiger partial charge is 0.478 e. The molecule has 6 rings (SSSR count). The summed E-state index contributed by atoms with van der Waals surface area (Å²) in [5.41, 5.74) is 12.7. The smallest absolute Gasteiger partial charge is 0.335 e. The molecular formula is C28H31N3O3. The second-order valence-corrected chi connectivity index (χ2v) is 10.7. The first-order valence-corrected chi connectivity index (χ1v) is 12.4. The van der Waals surface area contributed by atoms with Crippen LogP contribution in [0.25, 0.3) is 22.2 Å². The Morgan fingerprint density at radius 1 is 1.09 bits per heavy atom. The summed E-state index contributed by atoms with van der Waals surface area (Å²) < 4.78 is 2.27. The van der Waals surface area contributed by atoms with Gasteiger partial charge in [-0.25, -0.2) is 4.79 Å². The minimum atomic E-state index is -0.921. The molecule has 3 N–H and O–H groups in total. The van der Waals surface area contributed by atoms with Gasteiger partial charge in [0, 0.05) is 35.6 Å². The maximum Gasteiger partial charge on any atom is 0.335 e. The fourth-order valence-electron chi connectivity index (χ4n) is 6.53. The van der Waals surface area contributed by atoms with Crippen molar-refractivity contribution in [1.29, 1.82) is 0 Å². The minimum absolute atomic E-state index is 0.0560. The second kappa shape index (κ2) is 7.44. The number of nitrogens with zero attached hydrogens (tertiary/aromatic N) is 2. The molecule has 0 spiro atoms. The summed E-state index contributed by atoms with van der Waals surface area (Å²) in [6.45, 7) is 5.02. The quantitative estimate of drug-likeness (QED) is 0.536. The van der Waals surface area contributed by atoms with Gasteiger partial charge in [0.1, 0.15) is 0 Å². The Morgan fingerprint density at radius 2 is 1.85 bits per heavy atom. The monoisotopic (exact) mass is 457 g/mol. The van der Waals surface area contributed by atoms with Gasteiger partial charge in [-0.3, -0.25) is 4.79 Å². The van der Waals surface area contributed by atoms with Crippen LogP contribution in [0.2, 0.25) is 0 Å². The van der Waals surface area contributed by atoms with E-state index < -0.39 is 11.4 Å². The van der Waals surface area contributed by atoms with Gasteiger partial charge in [-0.15, -0.1) is 0 Å². The molecule has 1 amide bonds. The number of rotatable bonds is 2. The van der Waals surface area contributed by atoms with E-state index >= 15 is 0 Å². The van der Waals surface area contributed by atoms with Gasteiger partial charge in [-0.1, -0.05) is 43.5 Å². The van der Waals surface area contributed by atoms with Crippen LogP contribution in [0.1, 0.15) is 79.4 Å². The number of carboxylic acids is 1. The number of anilines is 1. The Hall–Kier alpha value is -3.12. The van der Waals surface area contributed by atoms with Crippen molar-refractivity contribution < 1.29 is 14.7 Å². The molecule has 3 aromatic rings. The van der Waals surface area contributed by atoms with Crippen molar-refractivity contribution in [3.05, 3.63) is 53.1 Å². The number of carbonyl (C=O) groups is 2. The highest BCUT2D eigenvalue weighted by Gasteiger charge is 2.47. The van der Waals surface area contributed by atoms with E-state index in [1.54, 1.807) is 6.07 Å².